The number of carbonyl (C=O) groups excluding carboxylic acids is 1. The quantitative estimate of drug-likeness (QED) is 0.707. The van der Waals surface area contributed by atoms with Gasteiger partial charge in [-0.1, -0.05) is 24.3 Å². The van der Waals surface area contributed by atoms with E-state index in [0.717, 1.165) is 30.0 Å². The van der Waals surface area contributed by atoms with Crippen LogP contribution >= 0.6 is 0 Å². The van der Waals surface area contributed by atoms with Gasteiger partial charge < -0.3 is 15.0 Å². The standard InChI is InChI=1S/C23H28N2O2/c1-2-27-22-12-7-19(8-13-22)9-14-23(26)24-21-10-5-20(6-11-21)15-18-25-16-3-4-17-25/h5-14H,2-4,15-18H2,1H3,(H,24,26)/b14-9+. The molecule has 0 aliphatic carbocycles. The molecule has 0 radical (unpaired) electrons. The first kappa shape index (κ1) is 19.2. The van der Waals surface area contributed by atoms with Crippen molar-refractivity contribution in [2.75, 3.05) is 31.6 Å². The van der Waals surface area contributed by atoms with Gasteiger partial charge in [-0.05, 0) is 80.7 Å². The number of anilines is 1. The van der Waals surface area contributed by atoms with Crippen LogP contribution in [0, 0.1) is 0 Å². The van der Waals surface area contributed by atoms with E-state index in [-0.39, 0.29) is 5.91 Å². The summed E-state index contributed by atoms with van der Waals surface area (Å²) in [5.41, 5.74) is 3.09. The van der Waals surface area contributed by atoms with Crippen LogP contribution in [0.15, 0.2) is 54.6 Å². The molecule has 0 aromatic heterocycles. The summed E-state index contributed by atoms with van der Waals surface area (Å²) >= 11 is 0. The molecule has 0 saturated carbocycles. The molecule has 2 aromatic rings. The van der Waals surface area contributed by atoms with Gasteiger partial charge in [0.1, 0.15) is 5.75 Å². The second-order valence-electron chi connectivity index (χ2n) is 6.82. The van der Waals surface area contributed by atoms with E-state index in [1.807, 2.05) is 43.3 Å². The van der Waals surface area contributed by atoms with Crippen molar-refractivity contribution >= 4 is 17.7 Å². The average molecular weight is 364 g/mol. The molecular formula is C23H28N2O2. The van der Waals surface area contributed by atoms with Crippen molar-refractivity contribution in [3.05, 3.63) is 65.7 Å². The molecule has 1 N–H and O–H groups in total. The fourth-order valence-electron chi connectivity index (χ4n) is 3.25. The van der Waals surface area contributed by atoms with Crippen LogP contribution in [0.5, 0.6) is 5.75 Å². The Balaban J connectivity index is 1.46. The minimum atomic E-state index is -0.131. The lowest BCUT2D eigenvalue weighted by atomic mass is 10.1. The predicted octanol–water partition coefficient (Wildman–Crippen LogP) is 4.38. The number of hydrogen-bond acceptors (Lipinski definition) is 3. The molecule has 2 aromatic carbocycles. The number of amides is 1. The first-order valence-corrected chi connectivity index (χ1v) is 9.76. The van der Waals surface area contributed by atoms with Gasteiger partial charge in [0, 0.05) is 18.3 Å². The average Bonchev–Trinajstić information content (AvgIpc) is 3.21. The lowest BCUT2D eigenvalue weighted by molar-refractivity contribution is -0.111. The highest BCUT2D eigenvalue weighted by molar-refractivity contribution is 6.01. The van der Waals surface area contributed by atoms with E-state index in [9.17, 15) is 4.79 Å². The molecule has 1 amide bonds. The molecule has 1 aliphatic rings. The molecule has 4 heteroatoms. The molecule has 1 aliphatic heterocycles. The highest BCUT2D eigenvalue weighted by Gasteiger charge is 2.10. The zero-order valence-corrected chi connectivity index (χ0v) is 16.0. The maximum atomic E-state index is 12.1. The summed E-state index contributed by atoms with van der Waals surface area (Å²) in [6, 6.07) is 15.8. The molecule has 3 rings (SSSR count). The molecule has 1 heterocycles. The summed E-state index contributed by atoms with van der Waals surface area (Å²) in [5, 5.41) is 2.91. The van der Waals surface area contributed by atoms with Gasteiger partial charge in [-0.15, -0.1) is 0 Å². The maximum Gasteiger partial charge on any atom is 0.248 e. The number of carbonyl (C=O) groups is 1. The molecule has 0 spiro atoms. The van der Waals surface area contributed by atoms with E-state index < -0.39 is 0 Å². The Morgan fingerprint density at radius 3 is 2.44 bits per heavy atom. The van der Waals surface area contributed by atoms with E-state index in [0.29, 0.717) is 6.61 Å². The third kappa shape index (κ3) is 6.26. The molecule has 0 bridgehead atoms. The minimum absolute atomic E-state index is 0.131. The normalized spacial score (nSPS) is 14.6. The molecule has 1 saturated heterocycles. The van der Waals surface area contributed by atoms with Gasteiger partial charge >= 0.3 is 0 Å². The van der Waals surface area contributed by atoms with Crippen molar-refractivity contribution in [3.63, 3.8) is 0 Å². The van der Waals surface area contributed by atoms with E-state index in [2.05, 4.69) is 22.3 Å². The van der Waals surface area contributed by atoms with E-state index in [1.54, 1.807) is 12.2 Å². The highest BCUT2D eigenvalue weighted by Crippen LogP contribution is 2.14. The van der Waals surface area contributed by atoms with Crippen molar-refractivity contribution < 1.29 is 9.53 Å². The molecule has 142 valence electrons. The first-order chi connectivity index (χ1) is 13.2. The minimum Gasteiger partial charge on any atom is -0.494 e. The summed E-state index contributed by atoms with van der Waals surface area (Å²) < 4.78 is 5.42. The summed E-state index contributed by atoms with van der Waals surface area (Å²) in [5.74, 6) is 0.706. The van der Waals surface area contributed by atoms with Crippen LogP contribution in [0.25, 0.3) is 6.08 Å². The third-order valence-electron chi connectivity index (χ3n) is 4.76. The lowest BCUT2D eigenvalue weighted by Crippen LogP contribution is -2.21. The Hall–Kier alpha value is -2.59. The molecular weight excluding hydrogens is 336 g/mol. The van der Waals surface area contributed by atoms with Crippen LogP contribution in [0.4, 0.5) is 5.69 Å². The molecule has 27 heavy (non-hydrogen) atoms. The highest BCUT2D eigenvalue weighted by atomic mass is 16.5. The van der Waals surface area contributed by atoms with Crippen LogP contribution in [-0.2, 0) is 11.2 Å². The second kappa shape index (κ2) is 9.93. The number of likely N-dealkylation sites (tertiary alicyclic amines) is 1. The van der Waals surface area contributed by atoms with E-state index in [4.69, 9.17) is 4.74 Å². The van der Waals surface area contributed by atoms with Gasteiger partial charge in [-0.25, -0.2) is 0 Å². The van der Waals surface area contributed by atoms with Crippen LogP contribution in [0.3, 0.4) is 0 Å². The van der Waals surface area contributed by atoms with Gasteiger partial charge in [0.15, 0.2) is 0 Å². The summed E-state index contributed by atoms with van der Waals surface area (Å²) in [6.45, 7) is 6.19. The summed E-state index contributed by atoms with van der Waals surface area (Å²) in [7, 11) is 0. The number of rotatable bonds is 8. The van der Waals surface area contributed by atoms with E-state index >= 15 is 0 Å². The van der Waals surface area contributed by atoms with Crippen LogP contribution in [-0.4, -0.2) is 37.0 Å². The molecule has 0 atom stereocenters. The van der Waals surface area contributed by atoms with Gasteiger partial charge in [0.2, 0.25) is 5.91 Å². The number of ether oxygens (including phenoxy) is 1. The monoisotopic (exact) mass is 364 g/mol. The number of benzene rings is 2. The van der Waals surface area contributed by atoms with E-state index in [1.165, 1.54) is 31.5 Å². The lowest BCUT2D eigenvalue weighted by Gasteiger charge is -2.14. The topological polar surface area (TPSA) is 41.6 Å². The Morgan fingerprint density at radius 2 is 1.78 bits per heavy atom. The van der Waals surface area contributed by atoms with Crippen molar-refractivity contribution in [3.8, 4) is 5.75 Å². The smallest absolute Gasteiger partial charge is 0.248 e. The fraction of sp³-hybridized carbons (Fsp3) is 0.348. The van der Waals surface area contributed by atoms with Crippen molar-refractivity contribution in [2.45, 2.75) is 26.2 Å². The number of nitrogens with one attached hydrogen (secondary N) is 1. The Labute approximate surface area is 161 Å². The van der Waals surface area contributed by atoms with Crippen LogP contribution in [0.2, 0.25) is 0 Å². The number of nitrogens with zero attached hydrogens (tertiary/aromatic N) is 1. The Bertz CT molecular complexity index is 745. The SMILES string of the molecule is CCOc1ccc(/C=C/C(=O)Nc2ccc(CCN3CCCC3)cc2)cc1. The molecule has 4 nitrogen and oxygen atoms in total. The van der Waals surface area contributed by atoms with Gasteiger partial charge in [0.05, 0.1) is 6.61 Å². The second-order valence-corrected chi connectivity index (χ2v) is 6.82. The van der Waals surface area contributed by atoms with Crippen molar-refractivity contribution in [1.82, 2.24) is 4.90 Å². The van der Waals surface area contributed by atoms with Crippen LogP contribution < -0.4 is 10.1 Å². The number of hydrogen-bond donors (Lipinski definition) is 1. The maximum absolute atomic E-state index is 12.1. The zero-order valence-electron chi connectivity index (χ0n) is 16.0. The first-order valence-electron chi connectivity index (χ1n) is 9.76. The Kier molecular flexibility index (Phi) is 7.05. The zero-order chi connectivity index (χ0) is 18.9. The molecule has 1 fully saturated rings. The predicted molar refractivity (Wildman–Crippen MR) is 111 cm³/mol. The van der Waals surface area contributed by atoms with Gasteiger partial charge in [-0.2, -0.15) is 0 Å². The van der Waals surface area contributed by atoms with Crippen molar-refractivity contribution in [2.24, 2.45) is 0 Å². The Morgan fingerprint density at radius 1 is 1.07 bits per heavy atom. The summed E-state index contributed by atoms with van der Waals surface area (Å²) in [6.07, 6.45) is 7.07. The fourth-order valence-corrected chi connectivity index (χ4v) is 3.25. The van der Waals surface area contributed by atoms with Crippen LogP contribution in [0.1, 0.15) is 30.9 Å². The molecule has 0 unspecified atom stereocenters. The van der Waals surface area contributed by atoms with Crippen molar-refractivity contribution in [1.29, 1.82) is 0 Å². The third-order valence-corrected chi connectivity index (χ3v) is 4.76. The van der Waals surface area contributed by atoms with Gasteiger partial charge in [0.25, 0.3) is 0 Å². The van der Waals surface area contributed by atoms with Gasteiger partial charge in [-0.3, -0.25) is 4.79 Å². The summed E-state index contributed by atoms with van der Waals surface area (Å²) in [4.78, 5) is 14.6. The largest absolute Gasteiger partial charge is 0.494 e.